The summed E-state index contributed by atoms with van der Waals surface area (Å²) in [7, 11) is 1.35. The third kappa shape index (κ3) is 2.20. The lowest BCUT2D eigenvalue weighted by Gasteiger charge is -2.11. The van der Waals surface area contributed by atoms with Crippen molar-refractivity contribution < 1.29 is 9.53 Å². The lowest BCUT2D eigenvalue weighted by Crippen LogP contribution is -2.16. The molecule has 5 heteroatoms. The minimum Gasteiger partial charge on any atom is -0.468 e. The normalized spacial score (nSPS) is 10.3. The van der Waals surface area contributed by atoms with Gasteiger partial charge in [0.2, 0.25) is 0 Å². The van der Waals surface area contributed by atoms with E-state index in [1.807, 2.05) is 25.1 Å². The van der Waals surface area contributed by atoms with Crippen LogP contribution in [-0.4, -0.2) is 24.6 Å². The highest BCUT2D eigenvalue weighted by Crippen LogP contribution is 2.28. The van der Waals surface area contributed by atoms with Gasteiger partial charge in [0.1, 0.15) is 12.4 Å². The fraction of sp³-hybridized carbons (Fsp3) is 0.231. The van der Waals surface area contributed by atoms with Crippen molar-refractivity contribution in [2.75, 3.05) is 24.7 Å². The second-order valence-electron chi connectivity index (χ2n) is 3.99. The average Bonchev–Trinajstić information content (AvgIpc) is 2.37. The fourth-order valence-corrected chi connectivity index (χ4v) is 1.87. The number of aromatic nitrogens is 1. The summed E-state index contributed by atoms with van der Waals surface area (Å²) < 4.78 is 4.58. The van der Waals surface area contributed by atoms with E-state index in [4.69, 9.17) is 5.73 Å². The van der Waals surface area contributed by atoms with Gasteiger partial charge >= 0.3 is 5.97 Å². The molecule has 0 aliphatic rings. The van der Waals surface area contributed by atoms with Gasteiger partial charge in [-0.2, -0.15) is 0 Å². The van der Waals surface area contributed by atoms with Crippen LogP contribution in [-0.2, 0) is 9.53 Å². The molecule has 0 bridgehead atoms. The van der Waals surface area contributed by atoms with E-state index in [9.17, 15) is 4.79 Å². The zero-order valence-electron chi connectivity index (χ0n) is 10.4. The van der Waals surface area contributed by atoms with Crippen LogP contribution in [0.3, 0.4) is 0 Å². The summed E-state index contributed by atoms with van der Waals surface area (Å²) >= 11 is 0. The van der Waals surface area contributed by atoms with Crippen LogP contribution >= 0.6 is 0 Å². The maximum absolute atomic E-state index is 11.1. The van der Waals surface area contributed by atoms with Gasteiger partial charge in [0.25, 0.3) is 0 Å². The maximum Gasteiger partial charge on any atom is 0.325 e. The lowest BCUT2D eigenvalue weighted by molar-refractivity contribution is -0.138. The second-order valence-corrected chi connectivity index (χ2v) is 3.99. The second kappa shape index (κ2) is 4.91. The van der Waals surface area contributed by atoms with Crippen molar-refractivity contribution in [1.29, 1.82) is 0 Å². The first-order chi connectivity index (χ1) is 8.63. The van der Waals surface area contributed by atoms with Gasteiger partial charge in [0.05, 0.1) is 7.11 Å². The molecule has 0 spiro atoms. The van der Waals surface area contributed by atoms with Gasteiger partial charge < -0.3 is 15.8 Å². The molecule has 0 amide bonds. The topological polar surface area (TPSA) is 77.2 Å². The van der Waals surface area contributed by atoms with Crippen LogP contribution in [0.2, 0.25) is 0 Å². The molecule has 94 valence electrons. The molecule has 5 nitrogen and oxygen atoms in total. The number of hydrogen-bond donors (Lipinski definition) is 2. The quantitative estimate of drug-likeness (QED) is 0.636. The van der Waals surface area contributed by atoms with Crippen molar-refractivity contribution in [3.63, 3.8) is 0 Å². The molecule has 0 saturated heterocycles. The smallest absolute Gasteiger partial charge is 0.325 e. The molecule has 1 aromatic carbocycles. The summed E-state index contributed by atoms with van der Waals surface area (Å²) in [5.41, 5.74) is 7.67. The molecule has 3 N–H and O–H groups in total. The van der Waals surface area contributed by atoms with E-state index in [0.29, 0.717) is 11.5 Å². The van der Waals surface area contributed by atoms with Crippen molar-refractivity contribution >= 4 is 28.2 Å². The Kier molecular flexibility index (Phi) is 3.32. The number of nitrogens with two attached hydrogens (primary N) is 1. The predicted octanol–water partition coefficient (Wildman–Crippen LogP) is 1.71. The first-order valence-electron chi connectivity index (χ1n) is 5.58. The first kappa shape index (κ1) is 12.2. The Balaban J connectivity index is 2.43. The van der Waals surface area contributed by atoms with Gasteiger partial charge in [0, 0.05) is 22.7 Å². The Hall–Kier alpha value is -2.30. The Morgan fingerprint density at radius 3 is 3.00 bits per heavy atom. The molecule has 2 aromatic rings. The van der Waals surface area contributed by atoms with Crippen LogP contribution in [0.25, 0.3) is 10.8 Å². The zero-order valence-corrected chi connectivity index (χ0v) is 10.4. The van der Waals surface area contributed by atoms with E-state index >= 15 is 0 Å². The lowest BCUT2D eigenvalue weighted by atomic mass is 10.1. The third-order valence-electron chi connectivity index (χ3n) is 2.76. The number of benzene rings is 1. The minimum absolute atomic E-state index is 0.0798. The van der Waals surface area contributed by atoms with Crippen molar-refractivity contribution in [3.8, 4) is 0 Å². The van der Waals surface area contributed by atoms with E-state index in [0.717, 1.165) is 16.3 Å². The van der Waals surface area contributed by atoms with Gasteiger partial charge in [0.15, 0.2) is 0 Å². The summed E-state index contributed by atoms with van der Waals surface area (Å²) in [5, 5.41) is 4.81. The monoisotopic (exact) mass is 245 g/mol. The van der Waals surface area contributed by atoms with Crippen molar-refractivity contribution in [3.05, 3.63) is 30.0 Å². The predicted molar refractivity (Wildman–Crippen MR) is 71.4 cm³/mol. The number of nitrogens with zero attached hydrogens (tertiary/aromatic N) is 1. The number of methoxy groups -OCH3 is 1. The van der Waals surface area contributed by atoms with Crippen LogP contribution in [0.15, 0.2) is 24.4 Å². The highest BCUT2D eigenvalue weighted by Gasteiger charge is 2.08. The SMILES string of the molecule is COC(=O)CNc1ncc(C)c2c(N)cccc12. The van der Waals surface area contributed by atoms with E-state index in [1.54, 1.807) is 6.20 Å². The van der Waals surface area contributed by atoms with Gasteiger partial charge in [-0.25, -0.2) is 4.98 Å². The minimum atomic E-state index is -0.338. The van der Waals surface area contributed by atoms with Crippen molar-refractivity contribution in [2.24, 2.45) is 0 Å². The molecule has 0 radical (unpaired) electrons. The van der Waals surface area contributed by atoms with E-state index in [-0.39, 0.29) is 12.5 Å². The highest BCUT2D eigenvalue weighted by atomic mass is 16.5. The molecule has 0 fully saturated rings. The first-order valence-corrected chi connectivity index (χ1v) is 5.58. The van der Waals surface area contributed by atoms with Crippen LogP contribution in [0.4, 0.5) is 11.5 Å². The number of fused-ring (bicyclic) bond motifs is 1. The summed E-state index contributed by atoms with van der Waals surface area (Å²) in [5.74, 6) is 0.294. The van der Waals surface area contributed by atoms with E-state index in [2.05, 4.69) is 15.0 Å². The summed E-state index contributed by atoms with van der Waals surface area (Å²) in [6.45, 7) is 2.03. The van der Waals surface area contributed by atoms with E-state index in [1.165, 1.54) is 7.11 Å². The number of esters is 1. The number of hydrogen-bond acceptors (Lipinski definition) is 5. The van der Waals surface area contributed by atoms with Crippen LogP contribution in [0.5, 0.6) is 0 Å². The number of carbonyl (C=O) groups is 1. The third-order valence-corrected chi connectivity index (χ3v) is 2.76. The zero-order chi connectivity index (χ0) is 13.1. The Morgan fingerprint density at radius 1 is 1.50 bits per heavy atom. The van der Waals surface area contributed by atoms with Gasteiger partial charge in [-0.1, -0.05) is 12.1 Å². The molecule has 1 aromatic heterocycles. The molecular formula is C13H15N3O2. The number of aryl methyl sites for hydroxylation is 1. The number of nitrogens with one attached hydrogen (secondary N) is 1. The van der Waals surface area contributed by atoms with Crippen molar-refractivity contribution in [1.82, 2.24) is 4.98 Å². The molecule has 0 saturated carbocycles. The highest BCUT2D eigenvalue weighted by molar-refractivity contribution is 6.01. The maximum atomic E-state index is 11.1. The fourth-order valence-electron chi connectivity index (χ4n) is 1.87. The molecule has 18 heavy (non-hydrogen) atoms. The molecule has 2 rings (SSSR count). The molecule has 0 aliphatic carbocycles. The van der Waals surface area contributed by atoms with Crippen molar-refractivity contribution in [2.45, 2.75) is 6.92 Å². The molecular weight excluding hydrogens is 230 g/mol. The number of pyridine rings is 1. The average molecular weight is 245 g/mol. The Labute approximate surface area is 105 Å². The summed E-state index contributed by atoms with van der Waals surface area (Å²) in [4.78, 5) is 15.4. The molecule has 0 aliphatic heterocycles. The summed E-state index contributed by atoms with van der Waals surface area (Å²) in [6, 6.07) is 5.63. The number of carbonyl (C=O) groups excluding carboxylic acids is 1. The standard InChI is InChI=1S/C13H15N3O2/c1-8-6-15-13(16-7-11(17)18-2)9-4-3-5-10(14)12(8)9/h3-6H,7,14H2,1-2H3,(H,15,16). The van der Waals surface area contributed by atoms with Crippen LogP contribution in [0.1, 0.15) is 5.56 Å². The Bertz CT molecular complexity index is 588. The molecule has 0 unspecified atom stereocenters. The molecule has 1 heterocycles. The van der Waals surface area contributed by atoms with Crippen LogP contribution < -0.4 is 11.1 Å². The largest absolute Gasteiger partial charge is 0.468 e. The van der Waals surface area contributed by atoms with Gasteiger partial charge in [-0.15, -0.1) is 0 Å². The van der Waals surface area contributed by atoms with Crippen LogP contribution in [0, 0.1) is 6.92 Å². The van der Waals surface area contributed by atoms with E-state index < -0.39 is 0 Å². The van der Waals surface area contributed by atoms with Gasteiger partial charge in [-0.05, 0) is 18.6 Å². The Morgan fingerprint density at radius 2 is 2.28 bits per heavy atom. The van der Waals surface area contributed by atoms with Gasteiger partial charge in [-0.3, -0.25) is 4.79 Å². The molecule has 0 atom stereocenters. The summed E-state index contributed by atoms with van der Waals surface area (Å²) in [6.07, 6.45) is 1.73. The number of nitrogen functional groups attached to an aromatic ring is 1. The number of anilines is 2. The number of ether oxygens (including phenoxy) is 1. The number of rotatable bonds is 3.